The van der Waals surface area contributed by atoms with E-state index < -0.39 is 17.8 Å². The van der Waals surface area contributed by atoms with Crippen LogP contribution >= 0.6 is 11.6 Å². The smallest absolute Gasteiger partial charge is 0.338 e. The summed E-state index contributed by atoms with van der Waals surface area (Å²) in [4.78, 5) is 11.4. The number of alkyl halides is 3. The van der Waals surface area contributed by atoms with Crippen molar-refractivity contribution in [1.29, 1.82) is 0 Å². The molecule has 0 aliphatic rings. The van der Waals surface area contributed by atoms with Gasteiger partial charge < -0.3 is 10.6 Å². The van der Waals surface area contributed by atoms with Crippen molar-refractivity contribution in [3.05, 3.63) is 28.8 Å². The summed E-state index contributed by atoms with van der Waals surface area (Å²) < 4.78 is 37.5. The van der Waals surface area contributed by atoms with Crippen molar-refractivity contribution in [2.75, 3.05) is 11.9 Å². The number of nitrogens with one attached hydrogen (secondary N) is 2. The second kappa shape index (κ2) is 6.65. The largest absolute Gasteiger partial charge is 0.416 e. The van der Waals surface area contributed by atoms with E-state index in [1.54, 1.807) is 0 Å². The molecule has 0 aromatic heterocycles. The van der Waals surface area contributed by atoms with Crippen molar-refractivity contribution in [1.82, 2.24) is 5.32 Å². The zero-order valence-corrected chi connectivity index (χ0v) is 11.0. The van der Waals surface area contributed by atoms with Gasteiger partial charge >= 0.3 is 12.2 Å². The number of benzene rings is 1. The Bertz CT molecular complexity index is 449. The molecule has 0 saturated carbocycles. The molecule has 1 aromatic rings. The van der Waals surface area contributed by atoms with Crippen LogP contribution in [0, 0.1) is 0 Å². The lowest BCUT2D eigenvalue weighted by Gasteiger charge is -2.12. The van der Waals surface area contributed by atoms with Crippen LogP contribution in [0.15, 0.2) is 18.2 Å². The zero-order valence-electron chi connectivity index (χ0n) is 10.3. The number of hydrogen-bond donors (Lipinski definition) is 2. The van der Waals surface area contributed by atoms with Crippen LogP contribution in [-0.4, -0.2) is 12.6 Å². The topological polar surface area (TPSA) is 41.1 Å². The molecule has 0 unspecified atom stereocenters. The number of anilines is 1. The predicted molar refractivity (Wildman–Crippen MR) is 68.4 cm³/mol. The summed E-state index contributed by atoms with van der Waals surface area (Å²) in [6.07, 6.45) is -2.77. The summed E-state index contributed by atoms with van der Waals surface area (Å²) >= 11 is 5.74. The summed E-state index contributed by atoms with van der Waals surface area (Å²) in [6, 6.07) is 2.20. The molecule has 1 aromatic carbocycles. The van der Waals surface area contributed by atoms with E-state index in [4.69, 9.17) is 11.6 Å². The maximum Gasteiger partial charge on any atom is 0.416 e. The second-order valence-corrected chi connectivity index (χ2v) is 4.33. The van der Waals surface area contributed by atoms with Crippen LogP contribution in [0.4, 0.5) is 23.7 Å². The summed E-state index contributed by atoms with van der Waals surface area (Å²) in [6.45, 7) is 2.42. The highest BCUT2D eigenvalue weighted by Crippen LogP contribution is 2.33. The lowest BCUT2D eigenvalue weighted by molar-refractivity contribution is -0.137. The Hall–Kier alpha value is -1.43. The lowest BCUT2D eigenvalue weighted by atomic mass is 10.2. The molecule has 2 N–H and O–H groups in total. The summed E-state index contributed by atoms with van der Waals surface area (Å²) in [5.41, 5.74) is -0.925. The number of unbranched alkanes of at least 4 members (excludes halogenated alkanes) is 1. The van der Waals surface area contributed by atoms with E-state index in [9.17, 15) is 18.0 Å². The maximum atomic E-state index is 12.5. The molecule has 0 bridgehead atoms. The molecule has 0 aliphatic carbocycles. The normalized spacial score (nSPS) is 11.2. The Kier molecular flexibility index (Phi) is 5.47. The average Bonchev–Trinajstić information content (AvgIpc) is 2.31. The van der Waals surface area contributed by atoms with Crippen LogP contribution in [-0.2, 0) is 6.18 Å². The molecule has 1 rings (SSSR count). The third-order valence-corrected chi connectivity index (χ3v) is 2.69. The number of rotatable bonds is 4. The SMILES string of the molecule is CCCCNC(=O)Nc1cc(C(F)(F)F)ccc1Cl. The Balaban J connectivity index is 2.74. The second-order valence-electron chi connectivity index (χ2n) is 3.93. The van der Waals surface area contributed by atoms with Gasteiger partial charge in [0, 0.05) is 6.54 Å². The van der Waals surface area contributed by atoms with Gasteiger partial charge in [0.15, 0.2) is 0 Å². The molecule has 0 fully saturated rings. The van der Waals surface area contributed by atoms with E-state index in [2.05, 4.69) is 10.6 Å². The van der Waals surface area contributed by atoms with Gasteiger partial charge in [-0.15, -0.1) is 0 Å². The third kappa shape index (κ3) is 4.98. The first kappa shape index (κ1) is 15.6. The number of amides is 2. The van der Waals surface area contributed by atoms with E-state index in [0.717, 1.165) is 31.0 Å². The number of halogens is 4. The van der Waals surface area contributed by atoms with E-state index >= 15 is 0 Å². The average molecular weight is 295 g/mol. The van der Waals surface area contributed by atoms with Crippen LogP contribution in [0.3, 0.4) is 0 Å². The highest BCUT2D eigenvalue weighted by molar-refractivity contribution is 6.33. The lowest BCUT2D eigenvalue weighted by Crippen LogP contribution is -2.29. The molecule has 0 radical (unpaired) electrons. The first-order valence-corrected chi connectivity index (χ1v) is 6.14. The van der Waals surface area contributed by atoms with Crippen LogP contribution in [0.5, 0.6) is 0 Å². The van der Waals surface area contributed by atoms with Crippen LogP contribution in [0.25, 0.3) is 0 Å². The highest BCUT2D eigenvalue weighted by Gasteiger charge is 2.31. The molecule has 19 heavy (non-hydrogen) atoms. The summed E-state index contributed by atoms with van der Waals surface area (Å²) in [5, 5.41) is 4.88. The van der Waals surface area contributed by atoms with E-state index in [-0.39, 0.29) is 10.7 Å². The standard InChI is InChI=1S/C12H14ClF3N2O/c1-2-3-6-17-11(19)18-10-7-8(12(14,15)16)4-5-9(10)13/h4-5,7H,2-3,6H2,1H3,(H2,17,18,19). The van der Waals surface area contributed by atoms with Crippen molar-refractivity contribution in [3.8, 4) is 0 Å². The van der Waals surface area contributed by atoms with Crippen molar-refractivity contribution < 1.29 is 18.0 Å². The molecule has 7 heteroatoms. The Morgan fingerprint density at radius 3 is 2.63 bits per heavy atom. The molecular formula is C12H14ClF3N2O. The number of urea groups is 1. The van der Waals surface area contributed by atoms with Crippen LogP contribution < -0.4 is 10.6 Å². The van der Waals surface area contributed by atoms with Crippen molar-refractivity contribution in [3.63, 3.8) is 0 Å². The van der Waals surface area contributed by atoms with Crippen LogP contribution in [0.2, 0.25) is 5.02 Å². The number of carbonyl (C=O) groups is 1. The summed E-state index contributed by atoms with van der Waals surface area (Å²) in [5.74, 6) is 0. The fourth-order valence-electron chi connectivity index (χ4n) is 1.34. The van der Waals surface area contributed by atoms with Gasteiger partial charge in [0.05, 0.1) is 16.3 Å². The molecule has 3 nitrogen and oxygen atoms in total. The molecule has 2 amide bonds. The minimum Gasteiger partial charge on any atom is -0.338 e. The molecular weight excluding hydrogens is 281 g/mol. The molecule has 0 aliphatic heterocycles. The monoisotopic (exact) mass is 294 g/mol. The number of hydrogen-bond acceptors (Lipinski definition) is 1. The Morgan fingerprint density at radius 1 is 1.37 bits per heavy atom. The fourth-order valence-corrected chi connectivity index (χ4v) is 1.51. The first-order chi connectivity index (χ1) is 8.84. The van der Waals surface area contributed by atoms with Gasteiger partial charge in [-0.25, -0.2) is 4.79 Å². The van der Waals surface area contributed by atoms with Gasteiger partial charge in [0.1, 0.15) is 0 Å². The van der Waals surface area contributed by atoms with Gasteiger partial charge in [0.25, 0.3) is 0 Å². The van der Waals surface area contributed by atoms with E-state index in [0.29, 0.717) is 6.54 Å². The fraction of sp³-hybridized carbons (Fsp3) is 0.417. The molecule has 0 heterocycles. The highest BCUT2D eigenvalue weighted by atomic mass is 35.5. The van der Waals surface area contributed by atoms with Crippen molar-refractivity contribution in [2.24, 2.45) is 0 Å². The molecule has 106 valence electrons. The van der Waals surface area contributed by atoms with Gasteiger partial charge in [-0.1, -0.05) is 24.9 Å². The number of carbonyl (C=O) groups excluding carboxylic acids is 1. The van der Waals surface area contributed by atoms with Gasteiger partial charge in [0.2, 0.25) is 0 Å². The molecule has 0 spiro atoms. The van der Waals surface area contributed by atoms with E-state index in [1.807, 2.05) is 6.92 Å². The molecule has 0 saturated heterocycles. The quantitative estimate of drug-likeness (QED) is 0.800. The third-order valence-electron chi connectivity index (χ3n) is 2.36. The van der Waals surface area contributed by atoms with Gasteiger partial charge in [-0.2, -0.15) is 13.2 Å². The first-order valence-electron chi connectivity index (χ1n) is 5.76. The predicted octanol–water partition coefficient (Wildman–Crippen LogP) is 4.28. The van der Waals surface area contributed by atoms with Gasteiger partial charge in [-0.3, -0.25) is 0 Å². The summed E-state index contributed by atoms with van der Waals surface area (Å²) in [7, 11) is 0. The maximum absolute atomic E-state index is 12.5. The van der Waals surface area contributed by atoms with E-state index in [1.165, 1.54) is 0 Å². The zero-order chi connectivity index (χ0) is 14.5. The van der Waals surface area contributed by atoms with Crippen molar-refractivity contribution in [2.45, 2.75) is 25.9 Å². The van der Waals surface area contributed by atoms with Crippen LogP contribution in [0.1, 0.15) is 25.3 Å². The Morgan fingerprint density at radius 2 is 2.05 bits per heavy atom. The minimum atomic E-state index is -4.47. The van der Waals surface area contributed by atoms with Crippen molar-refractivity contribution >= 4 is 23.3 Å². The van der Waals surface area contributed by atoms with Gasteiger partial charge in [-0.05, 0) is 24.6 Å². The Labute approximate surface area is 114 Å². The molecule has 0 atom stereocenters. The minimum absolute atomic E-state index is 0.0543.